The highest BCUT2D eigenvalue weighted by Gasteiger charge is 2.20. The number of carbonyl (C=O) groups is 1. The molecule has 0 aromatic heterocycles. The van der Waals surface area contributed by atoms with Gasteiger partial charge in [0, 0.05) is 39.2 Å². The van der Waals surface area contributed by atoms with Crippen molar-refractivity contribution < 1.29 is 9.21 Å². The molecule has 0 atom stereocenters. The minimum Gasteiger partial charge on any atom is -0.456 e. The van der Waals surface area contributed by atoms with Crippen LogP contribution in [0.3, 0.4) is 0 Å². The standard InChI is InChI=1S/C20H13ClN2O2/c21-11-5-7-15-17(9-11)25-18-10-12(22)6-8-16(18)19(15)13-3-1-2-4-14(13)20(23)24/h1-10,22H,(H2,23,24). The molecule has 5 heteroatoms. The molecule has 0 saturated carbocycles. The summed E-state index contributed by atoms with van der Waals surface area (Å²) >= 11 is 6.11. The summed E-state index contributed by atoms with van der Waals surface area (Å²) in [5.74, 6) is 0.0558. The highest BCUT2D eigenvalue weighted by molar-refractivity contribution is 6.31. The number of halogens is 1. The molecule has 0 radical (unpaired) electrons. The molecule has 3 N–H and O–H groups in total. The highest BCUT2D eigenvalue weighted by Crippen LogP contribution is 2.41. The third-order valence-corrected chi connectivity index (χ3v) is 4.38. The van der Waals surface area contributed by atoms with Gasteiger partial charge in [-0.15, -0.1) is 0 Å². The lowest BCUT2D eigenvalue weighted by Gasteiger charge is -2.17. The zero-order valence-electron chi connectivity index (χ0n) is 13.0. The van der Waals surface area contributed by atoms with E-state index in [1.807, 2.05) is 24.3 Å². The van der Waals surface area contributed by atoms with Gasteiger partial charge in [0.05, 0.1) is 5.36 Å². The Morgan fingerprint density at radius 3 is 2.60 bits per heavy atom. The summed E-state index contributed by atoms with van der Waals surface area (Å²) < 4.78 is 5.95. The largest absolute Gasteiger partial charge is 0.456 e. The Balaban J connectivity index is 2.22. The first kappa shape index (κ1) is 15.4. The second-order valence-electron chi connectivity index (χ2n) is 5.74. The van der Waals surface area contributed by atoms with Crippen molar-refractivity contribution in [2.45, 2.75) is 0 Å². The van der Waals surface area contributed by atoms with Gasteiger partial charge in [-0.2, -0.15) is 0 Å². The van der Waals surface area contributed by atoms with Crippen LogP contribution in [0.25, 0.3) is 33.4 Å². The van der Waals surface area contributed by atoms with E-state index in [2.05, 4.69) is 0 Å². The smallest absolute Gasteiger partial charge is 0.249 e. The quantitative estimate of drug-likeness (QED) is 0.525. The number of amides is 1. The van der Waals surface area contributed by atoms with Crippen molar-refractivity contribution in [3.63, 3.8) is 0 Å². The zero-order valence-corrected chi connectivity index (χ0v) is 13.8. The van der Waals surface area contributed by atoms with Crippen molar-refractivity contribution in [3.05, 3.63) is 76.6 Å². The van der Waals surface area contributed by atoms with Gasteiger partial charge in [-0.3, -0.25) is 4.79 Å². The molecule has 0 bridgehead atoms. The third kappa shape index (κ3) is 2.57. The van der Waals surface area contributed by atoms with E-state index in [1.165, 1.54) is 0 Å². The lowest BCUT2D eigenvalue weighted by molar-refractivity contribution is 0.100. The van der Waals surface area contributed by atoms with Gasteiger partial charge >= 0.3 is 0 Å². The van der Waals surface area contributed by atoms with Crippen LogP contribution in [-0.4, -0.2) is 5.91 Å². The summed E-state index contributed by atoms with van der Waals surface area (Å²) in [4.78, 5) is 11.9. The summed E-state index contributed by atoms with van der Waals surface area (Å²) in [5, 5.41) is 9.56. The minimum absolute atomic E-state index is 0.340. The topological polar surface area (TPSA) is 80.1 Å². The minimum atomic E-state index is -0.497. The number of primary amides is 1. The predicted octanol–water partition coefficient (Wildman–Crippen LogP) is 4.44. The van der Waals surface area contributed by atoms with Crippen molar-refractivity contribution >= 4 is 28.5 Å². The van der Waals surface area contributed by atoms with E-state index in [0.717, 1.165) is 22.1 Å². The molecule has 0 spiro atoms. The molecule has 0 fully saturated rings. The number of hydrogen-bond acceptors (Lipinski definition) is 3. The SMILES string of the molecule is N=c1ccc2c(-c3ccccc3C(N)=O)c3ccc(Cl)cc3oc-2c1. The number of nitrogens with two attached hydrogens (primary N) is 1. The summed E-state index contributed by atoms with van der Waals surface area (Å²) in [5.41, 5.74) is 8.95. The van der Waals surface area contributed by atoms with Crippen LogP contribution in [0.2, 0.25) is 5.02 Å². The number of hydrogen-bond donors (Lipinski definition) is 2. The number of fused-ring (bicyclic) bond motifs is 2. The van der Waals surface area contributed by atoms with Crippen LogP contribution in [-0.2, 0) is 0 Å². The molecule has 25 heavy (non-hydrogen) atoms. The molecular formula is C20H13ClN2O2. The molecule has 0 unspecified atom stereocenters. The Morgan fingerprint density at radius 2 is 1.80 bits per heavy atom. The molecule has 1 aliphatic heterocycles. The molecule has 2 aromatic carbocycles. The first-order chi connectivity index (χ1) is 12.0. The molecule has 2 aliphatic rings. The first-order valence-corrected chi connectivity index (χ1v) is 8.02. The van der Waals surface area contributed by atoms with E-state index < -0.39 is 5.91 Å². The van der Waals surface area contributed by atoms with Crippen LogP contribution < -0.4 is 11.1 Å². The van der Waals surface area contributed by atoms with Crippen molar-refractivity contribution in [1.29, 1.82) is 5.41 Å². The zero-order chi connectivity index (χ0) is 17.6. The van der Waals surface area contributed by atoms with Crippen molar-refractivity contribution in [2.75, 3.05) is 0 Å². The maximum absolute atomic E-state index is 11.9. The van der Waals surface area contributed by atoms with Crippen LogP contribution in [0.4, 0.5) is 0 Å². The lowest BCUT2D eigenvalue weighted by Crippen LogP contribution is -2.12. The van der Waals surface area contributed by atoms with Gasteiger partial charge in [0.25, 0.3) is 0 Å². The predicted molar refractivity (Wildman–Crippen MR) is 97.7 cm³/mol. The van der Waals surface area contributed by atoms with Crippen molar-refractivity contribution in [3.8, 4) is 22.5 Å². The molecule has 1 amide bonds. The fourth-order valence-electron chi connectivity index (χ4n) is 3.07. The molecule has 4 nitrogen and oxygen atoms in total. The van der Waals surface area contributed by atoms with Gasteiger partial charge in [0.2, 0.25) is 5.91 Å². The maximum Gasteiger partial charge on any atom is 0.249 e. The molecule has 122 valence electrons. The molecule has 1 heterocycles. The Morgan fingerprint density at radius 1 is 1.00 bits per heavy atom. The van der Waals surface area contributed by atoms with Crippen LogP contribution in [0.15, 0.2) is 65.1 Å². The summed E-state index contributed by atoms with van der Waals surface area (Å²) in [6.07, 6.45) is 0. The second-order valence-corrected chi connectivity index (χ2v) is 6.17. The van der Waals surface area contributed by atoms with Gasteiger partial charge in [-0.05, 0) is 35.9 Å². The average Bonchev–Trinajstić information content (AvgIpc) is 2.59. The van der Waals surface area contributed by atoms with Crippen LogP contribution in [0.5, 0.6) is 0 Å². The fourth-order valence-corrected chi connectivity index (χ4v) is 3.23. The Kier molecular flexibility index (Phi) is 3.55. The molecule has 2 aromatic rings. The summed E-state index contributed by atoms with van der Waals surface area (Å²) in [6.45, 7) is 0. The fraction of sp³-hybridized carbons (Fsp3) is 0. The molecular weight excluding hydrogens is 336 g/mol. The van der Waals surface area contributed by atoms with Crippen LogP contribution >= 0.6 is 11.6 Å². The van der Waals surface area contributed by atoms with E-state index in [-0.39, 0.29) is 0 Å². The first-order valence-electron chi connectivity index (χ1n) is 7.64. The number of rotatable bonds is 2. The van der Waals surface area contributed by atoms with Gasteiger partial charge in [0.1, 0.15) is 11.3 Å². The molecule has 4 rings (SSSR count). The van der Waals surface area contributed by atoms with E-state index in [1.54, 1.807) is 36.4 Å². The Labute approximate surface area is 148 Å². The van der Waals surface area contributed by atoms with Gasteiger partial charge < -0.3 is 15.6 Å². The van der Waals surface area contributed by atoms with Gasteiger partial charge in [0.15, 0.2) is 0 Å². The third-order valence-electron chi connectivity index (χ3n) is 4.15. The number of nitrogens with one attached hydrogen (secondary N) is 1. The lowest BCUT2D eigenvalue weighted by atomic mass is 9.90. The average molecular weight is 349 g/mol. The number of benzene rings is 3. The highest BCUT2D eigenvalue weighted by atomic mass is 35.5. The van der Waals surface area contributed by atoms with E-state index in [0.29, 0.717) is 27.3 Å². The van der Waals surface area contributed by atoms with Gasteiger partial charge in [-0.25, -0.2) is 0 Å². The normalized spacial score (nSPS) is 11.1. The van der Waals surface area contributed by atoms with Crippen molar-refractivity contribution in [2.24, 2.45) is 5.73 Å². The monoisotopic (exact) mass is 348 g/mol. The molecule has 0 saturated heterocycles. The van der Waals surface area contributed by atoms with E-state index in [9.17, 15) is 4.79 Å². The van der Waals surface area contributed by atoms with E-state index in [4.69, 9.17) is 27.2 Å². The summed E-state index contributed by atoms with van der Waals surface area (Å²) in [7, 11) is 0. The van der Waals surface area contributed by atoms with Crippen LogP contribution in [0.1, 0.15) is 10.4 Å². The Bertz CT molecular complexity index is 1160. The number of carbonyl (C=O) groups excluding carboxylic acids is 1. The Hall–Kier alpha value is -3.11. The van der Waals surface area contributed by atoms with Crippen molar-refractivity contribution in [1.82, 2.24) is 0 Å². The van der Waals surface area contributed by atoms with Gasteiger partial charge in [-0.1, -0.05) is 29.8 Å². The molecule has 1 aliphatic carbocycles. The van der Waals surface area contributed by atoms with Crippen LogP contribution in [0, 0.1) is 5.41 Å². The summed E-state index contributed by atoms with van der Waals surface area (Å²) in [6, 6.07) is 17.7. The second kappa shape index (κ2) is 5.76. The maximum atomic E-state index is 11.9. The van der Waals surface area contributed by atoms with E-state index >= 15 is 0 Å².